The average molecular weight is 342 g/mol. The second kappa shape index (κ2) is 7.23. The van der Waals surface area contributed by atoms with Crippen molar-refractivity contribution in [2.24, 2.45) is 0 Å². The van der Waals surface area contributed by atoms with Crippen LogP contribution in [0.4, 0.5) is 4.79 Å². The fourth-order valence-electron chi connectivity index (χ4n) is 3.37. The number of nitrogens with one attached hydrogen (secondary N) is 1. The molecule has 0 bridgehead atoms. The van der Waals surface area contributed by atoms with E-state index in [0.717, 1.165) is 31.4 Å². The number of nitrogens with zero attached hydrogens (tertiary/aromatic N) is 3. The minimum absolute atomic E-state index is 0.0372. The molecule has 4 rings (SSSR count). The van der Waals surface area contributed by atoms with Gasteiger partial charge in [0.15, 0.2) is 5.82 Å². The third-order valence-corrected chi connectivity index (χ3v) is 4.81. The van der Waals surface area contributed by atoms with Crippen LogP contribution in [-0.2, 0) is 4.74 Å². The second-order valence-corrected chi connectivity index (χ2v) is 6.58. The molecule has 2 atom stereocenters. The molecule has 2 aliphatic rings. The molecule has 2 aromatic rings. The third kappa shape index (κ3) is 3.66. The maximum absolute atomic E-state index is 12.3. The molecule has 2 fully saturated rings. The maximum Gasteiger partial charge on any atom is 0.317 e. The topological polar surface area (TPSA) is 80.5 Å². The van der Waals surface area contributed by atoms with Gasteiger partial charge >= 0.3 is 6.03 Å². The summed E-state index contributed by atoms with van der Waals surface area (Å²) in [4.78, 5) is 18.6. The molecule has 3 heterocycles. The number of carbonyl (C=O) groups excluding carboxylic acids is 1. The largest absolute Gasteiger partial charge is 0.376 e. The van der Waals surface area contributed by atoms with Crippen LogP contribution in [0.25, 0.3) is 11.5 Å². The molecule has 0 saturated carbocycles. The molecule has 0 radical (unpaired) electrons. The van der Waals surface area contributed by atoms with Crippen molar-refractivity contribution < 1.29 is 14.1 Å². The van der Waals surface area contributed by atoms with Crippen molar-refractivity contribution in [3.63, 3.8) is 0 Å². The summed E-state index contributed by atoms with van der Waals surface area (Å²) in [5.74, 6) is 1.32. The molecule has 1 aromatic heterocycles. The van der Waals surface area contributed by atoms with Gasteiger partial charge in [-0.25, -0.2) is 4.79 Å². The van der Waals surface area contributed by atoms with Crippen molar-refractivity contribution in [2.75, 3.05) is 26.2 Å². The highest BCUT2D eigenvalue weighted by Crippen LogP contribution is 2.27. The molecule has 132 valence electrons. The first-order valence-electron chi connectivity index (χ1n) is 8.83. The summed E-state index contributed by atoms with van der Waals surface area (Å²) in [5.41, 5.74) is 0.908. The van der Waals surface area contributed by atoms with E-state index < -0.39 is 0 Å². The van der Waals surface area contributed by atoms with Crippen molar-refractivity contribution in [2.45, 2.75) is 31.3 Å². The van der Waals surface area contributed by atoms with E-state index in [4.69, 9.17) is 9.26 Å². The van der Waals surface area contributed by atoms with Crippen molar-refractivity contribution in [3.05, 3.63) is 36.2 Å². The van der Waals surface area contributed by atoms with Gasteiger partial charge in [0.2, 0.25) is 0 Å². The molecule has 2 amide bonds. The van der Waals surface area contributed by atoms with Crippen molar-refractivity contribution in [3.8, 4) is 11.5 Å². The van der Waals surface area contributed by atoms with Gasteiger partial charge < -0.3 is 19.5 Å². The third-order valence-electron chi connectivity index (χ3n) is 4.81. The first-order chi connectivity index (χ1) is 12.3. The van der Waals surface area contributed by atoms with Crippen LogP contribution < -0.4 is 5.32 Å². The van der Waals surface area contributed by atoms with Crippen LogP contribution in [0.3, 0.4) is 0 Å². The molecule has 7 nitrogen and oxygen atoms in total. The van der Waals surface area contributed by atoms with Crippen LogP contribution >= 0.6 is 0 Å². The highest BCUT2D eigenvalue weighted by molar-refractivity contribution is 5.74. The van der Waals surface area contributed by atoms with Gasteiger partial charge in [0.05, 0.1) is 6.10 Å². The van der Waals surface area contributed by atoms with Crippen LogP contribution in [-0.4, -0.2) is 53.4 Å². The van der Waals surface area contributed by atoms with Gasteiger partial charge in [-0.05, 0) is 31.4 Å². The summed E-state index contributed by atoms with van der Waals surface area (Å²) in [7, 11) is 0. The lowest BCUT2D eigenvalue weighted by Gasteiger charge is -2.18. The Morgan fingerprint density at radius 3 is 2.96 bits per heavy atom. The first-order valence-corrected chi connectivity index (χ1v) is 8.83. The Kier molecular flexibility index (Phi) is 4.65. The van der Waals surface area contributed by atoms with Crippen LogP contribution in [0.5, 0.6) is 0 Å². The quantitative estimate of drug-likeness (QED) is 0.923. The zero-order valence-electron chi connectivity index (χ0n) is 14.1. The number of rotatable bonds is 4. The van der Waals surface area contributed by atoms with E-state index in [1.807, 2.05) is 35.2 Å². The van der Waals surface area contributed by atoms with Crippen molar-refractivity contribution in [1.82, 2.24) is 20.4 Å². The van der Waals surface area contributed by atoms with Crippen molar-refractivity contribution >= 4 is 6.03 Å². The number of ether oxygens (including phenoxy) is 1. The first kappa shape index (κ1) is 16.1. The smallest absolute Gasteiger partial charge is 0.317 e. The van der Waals surface area contributed by atoms with Crippen LogP contribution in [0.2, 0.25) is 0 Å². The van der Waals surface area contributed by atoms with E-state index in [9.17, 15) is 4.79 Å². The molecule has 2 unspecified atom stereocenters. The maximum atomic E-state index is 12.3. The molecule has 0 aliphatic carbocycles. The number of hydrogen-bond acceptors (Lipinski definition) is 5. The molecule has 0 spiro atoms. The summed E-state index contributed by atoms with van der Waals surface area (Å²) in [6, 6.07) is 9.67. The molecule has 25 heavy (non-hydrogen) atoms. The lowest BCUT2D eigenvalue weighted by atomic mass is 10.1. The fourth-order valence-corrected chi connectivity index (χ4v) is 3.37. The van der Waals surface area contributed by atoms with E-state index in [1.165, 1.54) is 0 Å². The SMILES string of the molecule is O=C(NCC1CCCO1)N1CCC(c2noc(-c3ccccc3)n2)C1. The Hall–Kier alpha value is -2.41. The van der Waals surface area contributed by atoms with Gasteiger partial charge in [0, 0.05) is 37.7 Å². The number of likely N-dealkylation sites (tertiary alicyclic amines) is 1. The van der Waals surface area contributed by atoms with E-state index in [0.29, 0.717) is 31.3 Å². The van der Waals surface area contributed by atoms with E-state index in [-0.39, 0.29) is 18.1 Å². The Bertz CT molecular complexity index is 712. The Morgan fingerprint density at radius 1 is 1.28 bits per heavy atom. The van der Waals surface area contributed by atoms with Gasteiger partial charge in [-0.15, -0.1) is 0 Å². The Morgan fingerprint density at radius 2 is 2.16 bits per heavy atom. The van der Waals surface area contributed by atoms with E-state index in [1.54, 1.807) is 0 Å². The average Bonchev–Trinajstić information content (AvgIpc) is 3.41. The molecular formula is C18H22N4O3. The lowest BCUT2D eigenvalue weighted by Crippen LogP contribution is -2.41. The number of benzene rings is 1. The predicted molar refractivity (Wildman–Crippen MR) is 91.0 cm³/mol. The lowest BCUT2D eigenvalue weighted by molar-refractivity contribution is 0.109. The molecule has 1 aromatic carbocycles. The zero-order valence-corrected chi connectivity index (χ0v) is 14.1. The monoisotopic (exact) mass is 342 g/mol. The van der Waals surface area contributed by atoms with Crippen LogP contribution in [0.1, 0.15) is 31.0 Å². The van der Waals surface area contributed by atoms with Gasteiger partial charge in [-0.3, -0.25) is 0 Å². The Labute approximate surface area is 146 Å². The normalized spacial score (nSPS) is 23.1. The standard InChI is InChI=1S/C18H22N4O3/c23-18(19-11-15-7-4-10-24-15)22-9-8-14(12-22)16-20-17(25-21-16)13-5-2-1-3-6-13/h1-3,5-6,14-15H,4,7-12H2,(H,19,23). The summed E-state index contributed by atoms with van der Waals surface area (Å²) < 4.78 is 10.9. The minimum Gasteiger partial charge on any atom is -0.376 e. The fraction of sp³-hybridized carbons (Fsp3) is 0.500. The number of urea groups is 1. The molecular weight excluding hydrogens is 320 g/mol. The van der Waals surface area contributed by atoms with Crippen LogP contribution in [0, 0.1) is 0 Å². The van der Waals surface area contributed by atoms with Gasteiger partial charge in [0.1, 0.15) is 0 Å². The van der Waals surface area contributed by atoms with Gasteiger partial charge in [-0.2, -0.15) is 4.98 Å². The highest BCUT2D eigenvalue weighted by Gasteiger charge is 2.31. The number of hydrogen-bond donors (Lipinski definition) is 1. The van der Waals surface area contributed by atoms with E-state index in [2.05, 4.69) is 15.5 Å². The predicted octanol–water partition coefficient (Wildman–Crippen LogP) is 2.41. The summed E-state index contributed by atoms with van der Waals surface area (Å²) in [5, 5.41) is 7.08. The van der Waals surface area contributed by atoms with Gasteiger partial charge in [-0.1, -0.05) is 23.4 Å². The van der Waals surface area contributed by atoms with Crippen molar-refractivity contribution in [1.29, 1.82) is 0 Å². The highest BCUT2D eigenvalue weighted by atomic mass is 16.5. The molecule has 7 heteroatoms. The molecule has 1 N–H and O–H groups in total. The van der Waals surface area contributed by atoms with E-state index >= 15 is 0 Å². The molecule has 2 aliphatic heterocycles. The molecule has 2 saturated heterocycles. The Balaban J connectivity index is 1.33. The number of carbonyl (C=O) groups is 1. The second-order valence-electron chi connectivity index (χ2n) is 6.58. The minimum atomic E-state index is -0.0372. The summed E-state index contributed by atoms with van der Waals surface area (Å²) in [6.45, 7) is 2.70. The zero-order chi connectivity index (χ0) is 17.1. The number of amides is 2. The summed E-state index contributed by atoms with van der Waals surface area (Å²) >= 11 is 0. The van der Waals surface area contributed by atoms with Gasteiger partial charge in [0.25, 0.3) is 5.89 Å². The summed E-state index contributed by atoms with van der Waals surface area (Å²) in [6.07, 6.45) is 3.11. The van der Waals surface area contributed by atoms with Crippen LogP contribution in [0.15, 0.2) is 34.9 Å². The number of aromatic nitrogens is 2.